The molecule has 0 aromatic carbocycles. The van der Waals surface area contributed by atoms with Gasteiger partial charge in [0.25, 0.3) is 0 Å². The molecule has 1 aromatic rings. The van der Waals surface area contributed by atoms with Crippen LogP contribution in [0.2, 0.25) is 0 Å². The third-order valence-electron chi connectivity index (χ3n) is 4.79. The van der Waals surface area contributed by atoms with Crippen molar-refractivity contribution in [3.05, 3.63) is 12.7 Å². The van der Waals surface area contributed by atoms with Crippen molar-refractivity contribution in [1.82, 2.24) is 25.0 Å². The average molecular weight is 328 g/mol. The van der Waals surface area contributed by atoms with E-state index >= 15 is 0 Å². The maximum Gasteiger partial charge on any atom is 0.222 e. The van der Waals surface area contributed by atoms with Gasteiger partial charge < -0.3 is 10.2 Å². The normalized spacial score (nSPS) is 23.1. The SMILES string of the molecule is Cl.O=C(CCC1CCNCC1)N1CCCC(n2cncn2)C1. The van der Waals surface area contributed by atoms with Crippen molar-refractivity contribution in [2.24, 2.45) is 5.92 Å². The summed E-state index contributed by atoms with van der Waals surface area (Å²) in [4.78, 5) is 18.5. The van der Waals surface area contributed by atoms with E-state index in [1.165, 1.54) is 12.8 Å². The van der Waals surface area contributed by atoms with Gasteiger partial charge in [-0.1, -0.05) is 0 Å². The van der Waals surface area contributed by atoms with Crippen molar-refractivity contribution < 1.29 is 4.79 Å². The maximum atomic E-state index is 12.4. The van der Waals surface area contributed by atoms with E-state index in [0.717, 1.165) is 51.4 Å². The summed E-state index contributed by atoms with van der Waals surface area (Å²) in [6.45, 7) is 3.90. The highest BCUT2D eigenvalue weighted by Crippen LogP contribution is 2.23. The summed E-state index contributed by atoms with van der Waals surface area (Å²) in [6, 6.07) is 0.295. The Morgan fingerprint density at radius 2 is 2.09 bits per heavy atom. The number of hydrogen-bond acceptors (Lipinski definition) is 4. The Labute approximate surface area is 138 Å². The van der Waals surface area contributed by atoms with Gasteiger partial charge in [0.15, 0.2) is 0 Å². The molecular formula is C15H26ClN5O. The molecule has 3 rings (SSSR count). The highest BCUT2D eigenvalue weighted by molar-refractivity contribution is 5.85. The summed E-state index contributed by atoms with van der Waals surface area (Å²) < 4.78 is 1.90. The summed E-state index contributed by atoms with van der Waals surface area (Å²) in [5.41, 5.74) is 0. The molecule has 22 heavy (non-hydrogen) atoms. The van der Waals surface area contributed by atoms with Gasteiger partial charge in [-0.3, -0.25) is 4.79 Å². The first-order chi connectivity index (χ1) is 10.3. The van der Waals surface area contributed by atoms with E-state index in [-0.39, 0.29) is 12.4 Å². The number of nitrogens with zero attached hydrogens (tertiary/aromatic N) is 4. The summed E-state index contributed by atoms with van der Waals surface area (Å²) >= 11 is 0. The average Bonchev–Trinajstić information content (AvgIpc) is 3.08. The van der Waals surface area contributed by atoms with E-state index in [1.807, 2.05) is 9.58 Å². The van der Waals surface area contributed by atoms with Crippen LogP contribution in [0.15, 0.2) is 12.7 Å². The molecule has 1 atom stereocenters. The molecule has 1 N–H and O–H groups in total. The van der Waals surface area contributed by atoms with Crippen LogP contribution in [0, 0.1) is 5.92 Å². The molecule has 0 spiro atoms. The van der Waals surface area contributed by atoms with Gasteiger partial charge in [0.1, 0.15) is 12.7 Å². The fourth-order valence-electron chi connectivity index (χ4n) is 3.46. The molecule has 2 saturated heterocycles. The Morgan fingerprint density at radius 1 is 1.27 bits per heavy atom. The number of carbonyl (C=O) groups excluding carboxylic acids is 1. The number of aromatic nitrogens is 3. The van der Waals surface area contributed by atoms with Crippen LogP contribution in [0.25, 0.3) is 0 Å². The van der Waals surface area contributed by atoms with Crippen molar-refractivity contribution in [1.29, 1.82) is 0 Å². The predicted molar refractivity (Wildman–Crippen MR) is 86.9 cm³/mol. The first kappa shape index (κ1) is 17.2. The minimum absolute atomic E-state index is 0. The zero-order valence-corrected chi connectivity index (χ0v) is 13.8. The van der Waals surface area contributed by atoms with Gasteiger partial charge in [0, 0.05) is 19.5 Å². The summed E-state index contributed by atoms with van der Waals surface area (Å²) in [7, 11) is 0. The van der Waals surface area contributed by atoms with Gasteiger partial charge >= 0.3 is 0 Å². The minimum atomic E-state index is 0. The Hall–Kier alpha value is -1.14. The van der Waals surface area contributed by atoms with E-state index in [9.17, 15) is 4.79 Å². The zero-order chi connectivity index (χ0) is 14.5. The van der Waals surface area contributed by atoms with Crippen molar-refractivity contribution >= 4 is 18.3 Å². The smallest absolute Gasteiger partial charge is 0.222 e. The molecular weight excluding hydrogens is 302 g/mol. The monoisotopic (exact) mass is 327 g/mol. The molecule has 1 aromatic heterocycles. The number of likely N-dealkylation sites (tertiary alicyclic amines) is 1. The molecule has 6 nitrogen and oxygen atoms in total. The van der Waals surface area contributed by atoms with Crippen LogP contribution in [0.3, 0.4) is 0 Å². The lowest BCUT2D eigenvalue weighted by Crippen LogP contribution is -2.41. The van der Waals surface area contributed by atoms with Crippen LogP contribution in [0.4, 0.5) is 0 Å². The van der Waals surface area contributed by atoms with Gasteiger partial charge in [-0.15, -0.1) is 12.4 Å². The molecule has 0 bridgehead atoms. The second-order valence-corrected chi connectivity index (χ2v) is 6.24. The fraction of sp³-hybridized carbons (Fsp3) is 0.800. The summed E-state index contributed by atoms with van der Waals surface area (Å²) in [5.74, 6) is 1.05. The van der Waals surface area contributed by atoms with Crippen molar-refractivity contribution in [2.45, 2.75) is 44.6 Å². The molecule has 2 aliphatic rings. The minimum Gasteiger partial charge on any atom is -0.341 e. The number of amides is 1. The van der Waals surface area contributed by atoms with E-state index in [2.05, 4.69) is 15.4 Å². The first-order valence-electron chi connectivity index (χ1n) is 8.15. The second kappa shape index (κ2) is 8.48. The van der Waals surface area contributed by atoms with E-state index in [4.69, 9.17) is 0 Å². The van der Waals surface area contributed by atoms with Crippen LogP contribution in [0.1, 0.15) is 44.6 Å². The maximum absolute atomic E-state index is 12.4. The number of carbonyl (C=O) groups is 1. The number of halogens is 1. The molecule has 0 saturated carbocycles. The fourth-order valence-corrected chi connectivity index (χ4v) is 3.46. The quantitative estimate of drug-likeness (QED) is 0.913. The van der Waals surface area contributed by atoms with Crippen molar-refractivity contribution in [3.8, 4) is 0 Å². The lowest BCUT2D eigenvalue weighted by atomic mass is 9.93. The van der Waals surface area contributed by atoms with Gasteiger partial charge in [0.05, 0.1) is 6.04 Å². The molecule has 1 unspecified atom stereocenters. The molecule has 0 radical (unpaired) electrons. The van der Waals surface area contributed by atoms with E-state index in [1.54, 1.807) is 12.7 Å². The van der Waals surface area contributed by atoms with E-state index < -0.39 is 0 Å². The Bertz CT molecular complexity index is 447. The largest absolute Gasteiger partial charge is 0.341 e. The lowest BCUT2D eigenvalue weighted by Gasteiger charge is -2.33. The van der Waals surface area contributed by atoms with Crippen LogP contribution < -0.4 is 5.32 Å². The standard InChI is InChI=1S/C15H25N5O.ClH/c21-15(4-3-13-5-7-16-8-6-13)19-9-1-2-14(10-19)20-12-17-11-18-20;/h11-14,16H,1-10H2;1H. The molecule has 2 fully saturated rings. The number of rotatable bonds is 4. The van der Waals surface area contributed by atoms with Crippen LogP contribution in [0.5, 0.6) is 0 Å². The number of piperidine rings is 2. The highest BCUT2D eigenvalue weighted by atomic mass is 35.5. The molecule has 0 aliphatic carbocycles. The Morgan fingerprint density at radius 3 is 2.82 bits per heavy atom. The van der Waals surface area contributed by atoms with Crippen LogP contribution in [-0.4, -0.2) is 51.8 Å². The topological polar surface area (TPSA) is 63.1 Å². The van der Waals surface area contributed by atoms with Crippen LogP contribution >= 0.6 is 12.4 Å². The molecule has 3 heterocycles. The third kappa shape index (κ3) is 4.43. The highest BCUT2D eigenvalue weighted by Gasteiger charge is 2.25. The first-order valence-corrected chi connectivity index (χ1v) is 8.15. The third-order valence-corrected chi connectivity index (χ3v) is 4.79. The molecule has 124 valence electrons. The molecule has 2 aliphatic heterocycles. The second-order valence-electron chi connectivity index (χ2n) is 6.24. The zero-order valence-electron chi connectivity index (χ0n) is 13.0. The molecule has 7 heteroatoms. The molecule has 1 amide bonds. The number of hydrogen-bond donors (Lipinski definition) is 1. The van der Waals surface area contributed by atoms with E-state index in [0.29, 0.717) is 18.4 Å². The van der Waals surface area contributed by atoms with Gasteiger partial charge in [-0.05, 0) is 51.1 Å². The van der Waals surface area contributed by atoms with Crippen LogP contribution in [-0.2, 0) is 4.79 Å². The lowest BCUT2D eigenvalue weighted by molar-refractivity contribution is -0.133. The van der Waals surface area contributed by atoms with Gasteiger partial charge in [-0.25, -0.2) is 9.67 Å². The predicted octanol–water partition coefficient (Wildman–Crippen LogP) is 1.64. The Kier molecular flexibility index (Phi) is 6.64. The summed E-state index contributed by atoms with van der Waals surface area (Å²) in [5, 5.41) is 7.59. The van der Waals surface area contributed by atoms with Crippen molar-refractivity contribution in [3.63, 3.8) is 0 Å². The van der Waals surface area contributed by atoms with Gasteiger partial charge in [0.2, 0.25) is 5.91 Å². The van der Waals surface area contributed by atoms with Crippen molar-refractivity contribution in [2.75, 3.05) is 26.2 Å². The number of nitrogens with one attached hydrogen (secondary N) is 1. The van der Waals surface area contributed by atoms with Gasteiger partial charge in [-0.2, -0.15) is 5.10 Å². The summed E-state index contributed by atoms with van der Waals surface area (Å²) in [6.07, 6.45) is 9.65. The Balaban J connectivity index is 0.00000176.